The second-order valence-corrected chi connectivity index (χ2v) is 5.65. The maximum absolute atomic E-state index is 11.7. The first-order chi connectivity index (χ1) is 8.81. The highest BCUT2D eigenvalue weighted by Crippen LogP contribution is 2.24. The predicted molar refractivity (Wildman–Crippen MR) is 76.1 cm³/mol. The van der Waals surface area contributed by atoms with E-state index in [2.05, 4.69) is 28.1 Å². The fraction of sp³-hybridized carbons (Fsp3) is 0.357. The molecule has 1 saturated carbocycles. The number of hydrogen-bond donors (Lipinski definition) is 2. The lowest BCUT2D eigenvalue weighted by Crippen LogP contribution is -2.23. The fourth-order valence-electron chi connectivity index (χ4n) is 1.95. The molecule has 0 bridgehead atoms. The molecule has 1 fully saturated rings. The summed E-state index contributed by atoms with van der Waals surface area (Å²) < 4.78 is 1.25. The molecule has 0 saturated heterocycles. The number of hydrogen-bond acceptors (Lipinski definition) is 3. The Morgan fingerprint density at radius 3 is 3.06 bits per heavy atom. The molecular weight excluding hydrogens is 244 g/mol. The standard InChI is InChI=1S/C14H16N2OS/c17-14(5-7-15-11-1-2-11)16-12-3-4-13-10(9-12)6-8-18-13/h3-4,6,8-9,11,15H,1-2,5,7H2,(H,16,17). The maximum Gasteiger partial charge on any atom is 0.225 e. The second kappa shape index (κ2) is 5.08. The van der Waals surface area contributed by atoms with Crippen LogP contribution in [0, 0.1) is 0 Å². The molecular formula is C14H16N2OS. The first kappa shape index (κ1) is 11.7. The molecule has 1 aromatic heterocycles. The Morgan fingerprint density at radius 2 is 2.22 bits per heavy atom. The van der Waals surface area contributed by atoms with Gasteiger partial charge >= 0.3 is 0 Å². The number of anilines is 1. The van der Waals surface area contributed by atoms with Gasteiger partial charge in [0.2, 0.25) is 5.91 Å². The van der Waals surface area contributed by atoms with E-state index < -0.39 is 0 Å². The molecule has 1 aromatic carbocycles. The van der Waals surface area contributed by atoms with Crippen molar-refractivity contribution in [1.29, 1.82) is 0 Å². The monoisotopic (exact) mass is 260 g/mol. The third kappa shape index (κ3) is 2.89. The van der Waals surface area contributed by atoms with Crippen molar-refractivity contribution in [2.75, 3.05) is 11.9 Å². The van der Waals surface area contributed by atoms with Crippen LogP contribution >= 0.6 is 11.3 Å². The summed E-state index contributed by atoms with van der Waals surface area (Å²) in [7, 11) is 0. The average molecular weight is 260 g/mol. The van der Waals surface area contributed by atoms with E-state index in [-0.39, 0.29) is 5.91 Å². The van der Waals surface area contributed by atoms with Crippen molar-refractivity contribution in [3.63, 3.8) is 0 Å². The molecule has 0 unspecified atom stereocenters. The largest absolute Gasteiger partial charge is 0.326 e. The first-order valence-corrected chi connectivity index (χ1v) is 7.20. The van der Waals surface area contributed by atoms with Crippen LogP contribution in [0.2, 0.25) is 0 Å². The molecule has 0 aliphatic heterocycles. The second-order valence-electron chi connectivity index (χ2n) is 4.70. The zero-order valence-electron chi connectivity index (χ0n) is 10.1. The smallest absolute Gasteiger partial charge is 0.225 e. The lowest BCUT2D eigenvalue weighted by Gasteiger charge is -2.06. The van der Waals surface area contributed by atoms with Gasteiger partial charge in [0.05, 0.1) is 0 Å². The molecule has 0 radical (unpaired) electrons. The van der Waals surface area contributed by atoms with Crippen molar-refractivity contribution in [2.45, 2.75) is 25.3 Å². The predicted octanol–water partition coefficient (Wildman–Crippen LogP) is 2.98. The summed E-state index contributed by atoms with van der Waals surface area (Å²) in [6, 6.07) is 8.78. The molecule has 3 rings (SSSR count). The van der Waals surface area contributed by atoms with Crippen molar-refractivity contribution < 1.29 is 4.79 Å². The SMILES string of the molecule is O=C(CCNC1CC1)Nc1ccc2sccc2c1. The van der Waals surface area contributed by atoms with Gasteiger partial charge in [0.15, 0.2) is 0 Å². The number of nitrogens with one attached hydrogen (secondary N) is 2. The Hall–Kier alpha value is -1.39. The highest BCUT2D eigenvalue weighted by atomic mass is 32.1. The normalized spacial score (nSPS) is 14.9. The molecule has 1 heterocycles. The van der Waals surface area contributed by atoms with Crippen molar-refractivity contribution in [1.82, 2.24) is 5.32 Å². The van der Waals surface area contributed by atoms with E-state index in [0.717, 1.165) is 12.2 Å². The van der Waals surface area contributed by atoms with Crippen LogP contribution in [0.15, 0.2) is 29.6 Å². The number of fused-ring (bicyclic) bond motifs is 1. The van der Waals surface area contributed by atoms with Crippen LogP contribution in [0.3, 0.4) is 0 Å². The van der Waals surface area contributed by atoms with E-state index in [1.165, 1.54) is 22.9 Å². The molecule has 94 valence electrons. The van der Waals surface area contributed by atoms with Crippen LogP contribution in [-0.2, 0) is 4.79 Å². The summed E-state index contributed by atoms with van der Waals surface area (Å²) in [6.45, 7) is 0.775. The van der Waals surface area contributed by atoms with E-state index in [1.807, 2.05) is 12.1 Å². The van der Waals surface area contributed by atoms with Crippen LogP contribution in [0.25, 0.3) is 10.1 Å². The van der Waals surface area contributed by atoms with E-state index in [0.29, 0.717) is 12.5 Å². The van der Waals surface area contributed by atoms with Gasteiger partial charge in [-0.3, -0.25) is 4.79 Å². The fourth-order valence-corrected chi connectivity index (χ4v) is 2.72. The molecule has 0 atom stereocenters. The summed E-state index contributed by atoms with van der Waals surface area (Å²) in [5.41, 5.74) is 0.886. The first-order valence-electron chi connectivity index (χ1n) is 6.32. The minimum atomic E-state index is 0.0812. The third-order valence-corrected chi connectivity index (χ3v) is 4.00. The summed E-state index contributed by atoms with van der Waals surface area (Å²) in [5.74, 6) is 0.0812. The average Bonchev–Trinajstić information content (AvgIpc) is 3.06. The molecule has 1 amide bonds. The van der Waals surface area contributed by atoms with Gasteiger partial charge in [-0.1, -0.05) is 0 Å². The maximum atomic E-state index is 11.7. The quantitative estimate of drug-likeness (QED) is 0.867. The zero-order valence-corrected chi connectivity index (χ0v) is 10.9. The summed E-state index contributed by atoms with van der Waals surface area (Å²) >= 11 is 1.72. The number of benzene rings is 1. The van der Waals surface area contributed by atoms with Crippen LogP contribution in [0.5, 0.6) is 0 Å². The molecule has 0 spiro atoms. The van der Waals surface area contributed by atoms with Gasteiger partial charge in [0.1, 0.15) is 0 Å². The number of carbonyl (C=O) groups excluding carboxylic acids is 1. The van der Waals surface area contributed by atoms with Gasteiger partial charge < -0.3 is 10.6 Å². The minimum absolute atomic E-state index is 0.0812. The van der Waals surface area contributed by atoms with Crippen LogP contribution < -0.4 is 10.6 Å². The van der Waals surface area contributed by atoms with Crippen molar-refractivity contribution in [3.8, 4) is 0 Å². The van der Waals surface area contributed by atoms with Gasteiger partial charge in [-0.15, -0.1) is 11.3 Å². The Kier molecular flexibility index (Phi) is 3.30. The van der Waals surface area contributed by atoms with Crippen LogP contribution in [0.4, 0.5) is 5.69 Å². The Bertz CT molecular complexity index is 560. The highest BCUT2D eigenvalue weighted by Gasteiger charge is 2.20. The number of thiophene rings is 1. The Balaban J connectivity index is 1.55. The van der Waals surface area contributed by atoms with Gasteiger partial charge in [-0.05, 0) is 47.9 Å². The Morgan fingerprint density at radius 1 is 1.33 bits per heavy atom. The van der Waals surface area contributed by atoms with Crippen molar-refractivity contribution in [2.24, 2.45) is 0 Å². The van der Waals surface area contributed by atoms with Gasteiger partial charge in [0.25, 0.3) is 0 Å². The number of amides is 1. The minimum Gasteiger partial charge on any atom is -0.326 e. The third-order valence-electron chi connectivity index (χ3n) is 3.10. The molecule has 1 aliphatic rings. The lowest BCUT2D eigenvalue weighted by atomic mass is 10.2. The molecule has 4 heteroatoms. The summed E-state index contributed by atoms with van der Waals surface area (Å²) in [5, 5.41) is 9.54. The van der Waals surface area contributed by atoms with Gasteiger partial charge in [-0.2, -0.15) is 0 Å². The molecule has 3 nitrogen and oxygen atoms in total. The zero-order chi connectivity index (χ0) is 12.4. The van der Waals surface area contributed by atoms with E-state index in [1.54, 1.807) is 11.3 Å². The molecule has 2 aromatic rings. The van der Waals surface area contributed by atoms with Crippen LogP contribution in [-0.4, -0.2) is 18.5 Å². The lowest BCUT2D eigenvalue weighted by molar-refractivity contribution is -0.116. The molecule has 18 heavy (non-hydrogen) atoms. The summed E-state index contributed by atoms with van der Waals surface area (Å²) in [6.07, 6.45) is 3.06. The summed E-state index contributed by atoms with van der Waals surface area (Å²) in [4.78, 5) is 11.7. The van der Waals surface area contributed by atoms with E-state index in [4.69, 9.17) is 0 Å². The van der Waals surface area contributed by atoms with Crippen molar-refractivity contribution >= 4 is 33.0 Å². The van der Waals surface area contributed by atoms with E-state index in [9.17, 15) is 4.79 Å². The van der Waals surface area contributed by atoms with Gasteiger partial charge in [0, 0.05) is 29.4 Å². The van der Waals surface area contributed by atoms with Crippen molar-refractivity contribution in [3.05, 3.63) is 29.6 Å². The molecule has 1 aliphatic carbocycles. The number of carbonyl (C=O) groups is 1. The Labute approximate surface area is 110 Å². The topological polar surface area (TPSA) is 41.1 Å². The highest BCUT2D eigenvalue weighted by molar-refractivity contribution is 7.17. The molecule has 2 N–H and O–H groups in total. The van der Waals surface area contributed by atoms with E-state index >= 15 is 0 Å². The van der Waals surface area contributed by atoms with Crippen LogP contribution in [0.1, 0.15) is 19.3 Å². The number of rotatable bonds is 5. The van der Waals surface area contributed by atoms with Gasteiger partial charge in [-0.25, -0.2) is 0 Å².